The van der Waals surface area contributed by atoms with Crippen molar-refractivity contribution >= 4 is 70.3 Å². The van der Waals surface area contributed by atoms with Crippen LogP contribution >= 0.6 is 11.3 Å². The zero-order valence-corrected chi connectivity index (χ0v) is 28.8. The molecule has 10 aromatic rings. The molecule has 0 radical (unpaired) electrons. The molecule has 0 saturated carbocycles. The molecule has 52 heavy (non-hydrogen) atoms. The van der Waals surface area contributed by atoms with Gasteiger partial charge in [0.1, 0.15) is 11.2 Å². The third-order valence-corrected chi connectivity index (χ3v) is 11.6. The summed E-state index contributed by atoms with van der Waals surface area (Å²) in [6.45, 7) is 0. The molecule has 11 rings (SSSR count). The van der Waals surface area contributed by atoms with Crippen LogP contribution in [0.5, 0.6) is 0 Å². The van der Waals surface area contributed by atoms with E-state index in [2.05, 4.69) is 121 Å². The standard InChI is InChI=1S/C47H29N3OS/c1-2-13-28(14-3-1)45-48-46(50-47(49-45)38-27-29-15-4-5-16-30(29)31-17-6-7-18-32(31)38)37-23-12-25-40-43(37)42-34(20-11-24-39(42)51-40)36-22-10-21-35-33-19-8-9-26-41(33)52-44(35)36/h1-4,6-15,17-27H,5,16H2. The minimum absolute atomic E-state index is 0.615. The maximum absolute atomic E-state index is 6.62. The molecule has 0 fully saturated rings. The Bertz CT molecular complexity index is 3080. The van der Waals surface area contributed by atoms with E-state index in [1.54, 1.807) is 0 Å². The molecule has 0 spiro atoms. The summed E-state index contributed by atoms with van der Waals surface area (Å²) in [5.74, 6) is 1.91. The average molecular weight is 684 g/mol. The number of allylic oxidation sites excluding steroid dienone is 1. The average Bonchev–Trinajstić information content (AvgIpc) is 3.80. The molecule has 0 aliphatic heterocycles. The summed E-state index contributed by atoms with van der Waals surface area (Å²) in [5.41, 5.74) is 9.43. The van der Waals surface area contributed by atoms with Gasteiger partial charge in [-0.05, 0) is 64.6 Å². The second-order valence-corrected chi connectivity index (χ2v) is 14.4. The maximum atomic E-state index is 6.62. The van der Waals surface area contributed by atoms with E-state index < -0.39 is 0 Å². The van der Waals surface area contributed by atoms with E-state index in [0.29, 0.717) is 17.5 Å². The number of hydrogen-bond acceptors (Lipinski definition) is 5. The van der Waals surface area contributed by atoms with Crippen LogP contribution in [0.1, 0.15) is 17.5 Å². The molecule has 1 aliphatic rings. The molecular formula is C47H29N3OS. The van der Waals surface area contributed by atoms with Gasteiger partial charge in [0, 0.05) is 53.2 Å². The van der Waals surface area contributed by atoms with Gasteiger partial charge in [-0.1, -0.05) is 127 Å². The van der Waals surface area contributed by atoms with E-state index in [4.69, 9.17) is 19.4 Å². The highest BCUT2D eigenvalue weighted by atomic mass is 32.1. The molecule has 4 nitrogen and oxygen atoms in total. The maximum Gasteiger partial charge on any atom is 0.164 e. The van der Waals surface area contributed by atoms with Crippen molar-refractivity contribution in [1.82, 2.24) is 15.0 Å². The lowest BCUT2D eigenvalue weighted by Gasteiger charge is -2.17. The van der Waals surface area contributed by atoms with E-state index in [9.17, 15) is 0 Å². The summed E-state index contributed by atoms with van der Waals surface area (Å²) in [6.07, 6.45) is 6.58. The zero-order valence-electron chi connectivity index (χ0n) is 28.0. The highest BCUT2D eigenvalue weighted by Crippen LogP contribution is 2.46. The van der Waals surface area contributed by atoms with E-state index in [1.807, 2.05) is 41.7 Å². The first-order valence-electron chi connectivity index (χ1n) is 17.7. The fourth-order valence-electron chi connectivity index (χ4n) is 8.08. The van der Waals surface area contributed by atoms with Gasteiger partial charge in [-0.3, -0.25) is 0 Å². The van der Waals surface area contributed by atoms with Crippen LogP contribution in [-0.4, -0.2) is 15.0 Å². The first-order chi connectivity index (χ1) is 25.8. The third kappa shape index (κ3) is 4.49. The first-order valence-corrected chi connectivity index (χ1v) is 18.5. The van der Waals surface area contributed by atoms with Gasteiger partial charge in [0.15, 0.2) is 17.5 Å². The van der Waals surface area contributed by atoms with Crippen molar-refractivity contribution in [2.75, 3.05) is 0 Å². The Kier molecular flexibility index (Phi) is 6.51. The fourth-order valence-corrected chi connectivity index (χ4v) is 9.31. The van der Waals surface area contributed by atoms with Gasteiger partial charge in [0.05, 0.1) is 0 Å². The lowest BCUT2D eigenvalue weighted by atomic mass is 9.89. The van der Waals surface area contributed by atoms with Crippen molar-refractivity contribution in [3.8, 4) is 45.3 Å². The Hall–Kier alpha value is -6.43. The molecule has 3 aromatic heterocycles. The van der Waals surface area contributed by atoms with Gasteiger partial charge in [-0.2, -0.15) is 0 Å². The topological polar surface area (TPSA) is 51.8 Å². The number of benzene rings is 7. The number of rotatable bonds is 4. The second-order valence-electron chi connectivity index (χ2n) is 13.4. The summed E-state index contributed by atoms with van der Waals surface area (Å²) < 4.78 is 9.17. The Morgan fingerprint density at radius 1 is 0.500 bits per heavy atom. The quantitative estimate of drug-likeness (QED) is 0.185. The van der Waals surface area contributed by atoms with E-state index >= 15 is 0 Å². The molecule has 0 amide bonds. The molecule has 0 bridgehead atoms. The Balaban J connectivity index is 1.20. The Labute approximate surface area is 303 Å². The summed E-state index contributed by atoms with van der Waals surface area (Å²) >= 11 is 1.84. The number of nitrogens with zero attached hydrogens (tertiary/aromatic N) is 3. The van der Waals surface area contributed by atoms with Gasteiger partial charge >= 0.3 is 0 Å². The highest BCUT2D eigenvalue weighted by Gasteiger charge is 2.23. The Morgan fingerprint density at radius 2 is 1.13 bits per heavy atom. The summed E-state index contributed by atoms with van der Waals surface area (Å²) in [7, 11) is 0. The molecule has 0 saturated heterocycles. The molecular weight excluding hydrogens is 655 g/mol. The Morgan fingerprint density at radius 3 is 1.98 bits per heavy atom. The first kappa shape index (κ1) is 29.3. The number of hydrogen-bond donors (Lipinski definition) is 0. The van der Waals surface area contributed by atoms with Crippen LogP contribution < -0.4 is 0 Å². The van der Waals surface area contributed by atoms with Crippen LogP contribution in [0.3, 0.4) is 0 Å². The smallest absolute Gasteiger partial charge is 0.164 e. The summed E-state index contributed by atoms with van der Waals surface area (Å²) in [5, 5.41) is 7.02. The molecule has 0 atom stereocenters. The molecule has 5 heteroatoms. The van der Waals surface area contributed by atoms with E-state index in [0.717, 1.165) is 62.4 Å². The fraction of sp³-hybridized carbons (Fsp3) is 0.0426. The molecule has 3 heterocycles. The van der Waals surface area contributed by atoms with Crippen LogP contribution in [-0.2, 0) is 6.42 Å². The van der Waals surface area contributed by atoms with Crippen molar-refractivity contribution in [2.24, 2.45) is 0 Å². The van der Waals surface area contributed by atoms with Gasteiger partial charge in [0.25, 0.3) is 0 Å². The zero-order chi connectivity index (χ0) is 34.2. The number of aryl methyl sites for hydroxylation is 1. The van der Waals surface area contributed by atoms with Crippen LogP contribution in [0.2, 0.25) is 0 Å². The molecule has 244 valence electrons. The summed E-state index contributed by atoms with van der Waals surface area (Å²) in [6, 6.07) is 49.0. The predicted octanol–water partition coefficient (Wildman–Crippen LogP) is 12.9. The summed E-state index contributed by atoms with van der Waals surface area (Å²) in [4.78, 5) is 15.7. The number of fused-ring (bicyclic) bond motifs is 9. The largest absolute Gasteiger partial charge is 0.456 e. The predicted molar refractivity (Wildman–Crippen MR) is 217 cm³/mol. The van der Waals surface area contributed by atoms with Crippen LogP contribution in [0.15, 0.2) is 150 Å². The molecule has 7 aromatic carbocycles. The number of furan rings is 1. The van der Waals surface area contributed by atoms with Crippen LogP contribution in [0.25, 0.3) is 104 Å². The van der Waals surface area contributed by atoms with Gasteiger partial charge in [-0.15, -0.1) is 11.3 Å². The number of thiophene rings is 1. The minimum atomic E-state index is 0.615. The van der Waals surface area contributed by atoms with Crippen molar-refractivity contribution in [2.45, 2.75) is 12.8 Å². The molecule has 0 N–H and O–H groups in total. The minimum Gasteiger partial charge on any atom is -0.456 e. The van der Waals surface area contributed by atoms with E-state index in [1.165, 1.54) is 42.2 Å². The van der Waals surface area contributed by atoms with Crippen molar-refractivity contribution in [1.29, 1.82) is 0 Å². The van der Waals surface area contributed by atoms with Gasteiger partial charge in [0.2, 0.25) is 0 Å². The van der Waals surface area contributed by atoms with Crippen LogP contribution in [0, 0.1) is 0 Å². The lowest BCUT2D eigenvalue weighted by molar-refractivity contribution is 0.669. The normalized spacial score (nSPS) is 12.8. The SMILES string of the molecule is C1=Cc2cc(-c3nc(-c4ccccc4)nc(-c4cccc5oc6cccc(-c7cccc8c7sc7ccccc78)c6c45)n3)c3ccccc3c2CC1. The van der Waals surface area contributed by atoms with Crippen molar-refractivity contribution in [3.63, 3.8) is 0 Å². The third-order valence-electron chi connectivity index (χ3n) is 10.4. The van der Waals surface area contributed by atoms with Gasteiger partial charge < -0.3 is 4.42 Å². The van der Waals surface area contributed by atoms with Gasteiger partial charge in [-0.25, -0.2) is 15.0 Å². The van der Waals surface area contributed by atoms with Crippen LogP contribution in [0.4, 0.5) is 0 Å². The van der Waals surface area contributed by atoms with Crippen molar-refractivity contribution in [3.05, 3.63) is 157 Å². The van der Waals surface area contributed by atoms with Crippen molar-refractivity contribution < 1.29 is 4.42 Å². The number of aromatic nitrogens is 3. The lowest BCUT2D eigenvalue weighted by Crippen LogP contribution is -2.03. The molecule has 1 aliphatic carbocycles. The highest BCUT2D eigenvalue weighted by molar-refractivity contribution is 7.26. The monoisotopic (exact) mass is 683 g/mol. The van der Waals surface area contributed by atoms with E-state index in [-0.39, 0.29) is 0 Å². The second kappa shape index (κ2) is 11.6. The molecule has 0 unspecified atom stereocenters.